The number of carbonyl (C=O) groups excluding carboxylic acids is 1. The lowest BCUT2D eigenvalue weighted by Crippen LogP contribution is -2.48. The normalized spacial score (nSPS) is 23.6. The molecule has 2 saturated heterocycles. The minimum atomic E-state index is -3.70. The van der Waals surface area contributed by atoms with Gasteiger partial charge in [0.15, 0.2) is 5.78 Å². The largest absolute Gasteiger partial charge is 0.468 e. The van der Waals surface area contributed by atoms with E-state index in [9.17, 15) is 13.2 Å². The van der Waals surface area contributed by atoms with Crippen LogP contribution < -0.4 is 5.32 Å². The number of benzene rings is 1. The highest BCUT2D eigenvalue weighted by molar-refractivity contribution is 7.89. The van der Waals surface area contributed by atoms with Gasteiger partial charge in [0.25, 0.3) is 0 Å². The Morgan fingerprint density at radius 1 is 1.12 bits per heavy atom. The first-order valence-corrected chi connectivity index (χ1v) is 13.1. The van der Waals surface area contributed by atoms with Gasteiger partial charge in [-0.25, -0.2) is 8.42 Å². The van der Waals surface area contributed by atoms with Crippen LogP contribution in [0.1, 0.15) is 48.8 Å². The van der Waals surface area contributed by atoms with Crippen molar-refractivity contribution in [2.45, 2.75) is 49.8 Å². The zero-order chi connectivity index (χ0) is 23.4. The third-order valence-corrected chi connectivity index (χ3v) is 8.08. The SMILES string of the molecule is CC1CN(S(=O)(=O)c2cccc(C(=O)CNCC(c3ccco3)N3CCCC3)c2)CC(C)O1. The van der Waals surface area contributed by atoms with Crippen molar-refractivity contribution in [3.8, 4) is 0 Å². The maximum atomic E-state index is 13.2. The van der Waals surface area contributed by atoms with Gasteiger partial charge in [-0.15, -0.1) is 0 Å². The lowest BCUT2D eigenvalue weighted by molar-refractivity contribution is -0.0440. The Balaban J connectivity index is 1.40. The second kappa shape index (κ2) is 10.5. The monoisotopic (exact) mass is 475 g/mol. The maximum absolute atomic E-state index is 13.2. The van der Waals surface area contributed by atoms with E-state index in [1.54, 1.807) is 24.5 Å². The van der Waals surface area contributed by atoms with E-state index in [-0.39, 0.29) is 35.5 Å². The van der Waals surface area contributed by atoms with Gasteiger partial charge in [-0.05, 0) is 64.0 Å². The van der Waals surface area contributed by atoms with Gasteiger partial charge in [-0.2, -0.15) is 4.31 Å². The Morgan fingerprint density at radius 3 is 2.52 bits per heavy atom. The van der Waals surface area contributed by atoms with E-state index in [2.05, 4.69) is 10.2 Å². The van der Waals surface area contributed by atoms with E-state index in [0.717, 1.165) is 31.7 Å². The first kappa shape index (κ1) is 24.1. The lowest BCUT2D eigenvalue weighted by atomic mass is 10.1. The van der Waals surface area contributed by atoms with E-state index in [1.165, 1.54) is 10.4 Å². The van der Waals surface area contributed by atoms with Crippen LogP contribution in [0.5, 0.6) is 0 Å². The molecule has 0 aliphatic carbocycles. The fraction of sp³-hybridized carbons (Fsp3) is 0.542. The molecule has 8 nitrogen and oxygen atoms in total. The highest BCUT2D eigenvalue weighted by Gasteiger charge is 2.32. The molecule has 0 bridgehead atoms. The Morgan fingerprint density at radius 2 is 1.85 bits per heavy atom. The summed E-state index contributed by atoms with van der Waals surface area (Å²) in [5, 5.41) is 3.25. The molecule has 180 valence electrons. The highest BCUT2D eigenvalue weighted by Crippen LogP contribution is 2.25. The average Bonchev–Trinajstić information content (AvgIpc) is 3.51. The maximum Gasteiger partial charge on any atom is 0.243 e. The molecule has 3 unspecified atom stereocenters. The summed E-state index contributed by atoms with van der Waals surface area (Å²) in [5.41, 5.74) is 0.383. The van der Waals surface area contributed by atoms with Gasteiger partial charge in [0.2, 0.25) is 10.0 Å². The van der Waals surface area contributed by atoms with Crippen molar-refractivity contribution in [2.24, 2.45) is 0 Å². The van der Waals surface area contributed by atoms with Crippen LogP contribution in [0.25, 0.3) is 0 Å². The number of hydrogen-bond acceptors (Lipinski definition) is 7. The topological polar surface area (TPSA) is 92.1 Å². The molecule has 0 saturated carbocycles. The molecule has 3 atom stereocenters. The van der Waals surface area contributed by atoms with Crippen LogP contribution in [-0.4, -0.2) is 74.9 Å². The molecule has 0 radical (unpaired) electrons. The number of hydrogen-bond donors (Lipinski definition) is 1. The van der Waals surface area contributed by atoms with Crippen LogP contribution in [0.3, 0.4) is 0 Å². The molecule has 4 rings (SSSR count). The Kier molecular flexibility index (Phi) is 7.65. The van der Waals surface area contributed by atoms with Gasteiger partial charge in [0.05, 0.1) is 36.0 Å². The zero-order valence-electron chi connectivity index (χ0n) is 19.3. The Hall–Kier alpha value is -2.04. The van der Waals surface area contributed by atoms with Crippen molar-refractivity contribution in [3.05, 3.63) is 54.0 Å². The van der Waals surface area contributed by atoms with Crippen molar-refractivity contribution < 1.29 is 22.4 Å². The Bertz CT molecular complexity index is 1020. The number of nitrogens with zero attached hydrogens (tertiary/aromatic N) is 2. The number of sulfonamides is 1. The van der Waals surface area contributed by atoms with Crippen LogP contribution in [0.4, 0.5) is 0 Å². The molecule has 0 amide bonds. The number of likely N-dealkylation sites (tertiary alicyclic amines) is 1. The highest BCUT2D eigenvalue weighted by atomic mass is 32.2. The van der Waals surface area contributed by atoms with Gasteiger partial charge in [0, 0.05) is 25.2 Å². The van der Waals surface area contributed by atoms with Gasteiger partial charge in [-0.3, -0.25) is 9.69 Å². The van der Waals surface area contributed by atoms with Crippen LogP contribution in [0.15, 0.2) is 52.0 Å². The van der Waals surface area contributed by atoms with Crippen molar-refractivity contribution in [1.29, 1.82) is 0 Å². The number of morpholine rings is 1. The average molecular weight is 476 g/mol. The lowest BCUT2D eigenvalue weighted by Gasteiger charge is -2.34. The number of rotatable bonds is 9. The quantitative estimate of drug-likeness (QED) is 0.558. The minimum absolute atomic E-state index is 0.0762. The molecule has 1 N–H and O–H groups in total. The second-order valence-corrected chi connectivity index (χ2v) is 10.9. The van der Waals surface area contributed by atoms with E-state index in [0.29, 0.717) is 25.2 Å². The second-order valence-electron chi connectivity index (χ2n) is 8.94. The molecular weight excluding hydrogens is 442 g/mol. The molecule has 2 aliphatic rings. The number of carbonyl (C=O) groups is 1. The molecule has 1 aromatic carbocycles. The number of ketones is 1. The standard InChI is InChI=1S/C24H33N3O5S/c1-18-16-27(17-19(2)32-18)33(29,30)21-8-5-7-20(13-21)23(28)15-25-14-22(24-9-6-12-31-24)26-10-3-4-11-26/h5-9,12-13,18-19,22,25H,3-4,10-11,14-17H2,1-2H3. The van der Waals surface area contributed by atoms with Gasteiger partial charge in [-0.1, -0.05) is 12.1 Å². The summed E-state index contributed by atoms with van der Waals surface area (Å²) in [6.45, 7) is 7.07. The fourth-order valence-corrected chi connectivity index (χ4v) is 6.31. The summed E-state index contributed by atoms with van der Waals surface area (Å²) in [4.78, 5) is 15.4. The first-order chi connectivity index (χ1) is 15.8. The summed E-state index contributed by atoms with van der Waals surface area (Å²) in [5.74, 6) is 0.745. The van der Waals surface area contributed by atoms with Crippen LogP contribution >= 0.6 is 0 Å². The van der Waals surface area contributed by atoms with Gasteiger partial charge < -0.3 is 14.5 Å². The molecule has 3 heterocycles. The molecular formula is C24H33N3O5S. The number of ether oxygens (including phenoxy) is 1. The number of Topliss-reactive ketones (excluding diaryl/α,β-unsaturated/α-hetero) is 1. The molecule has 0 spiro atoms. The summed E-state index contributed by atoms with van der Waals surface area (Å²) < 4.78 is 39.1. The number of furan rings is 1. The third-order valence-electron chi connectivity index (χ3n) is 6.26. The van der Waals surface area contributed by atoms with Crippen molar-refractivity contribution >= 4 is 15.8 Å². The first-order valence-electron chi connectivity index (χ1n) is 11.6. The summed E-state index contributed by atoms with van der Waals surface area (Å²) in [6.07, 6.45) is 3.66. The van der Waals surface area contributed by atoms with Gasteiger partial charge in [0.1, 0.15) is 5.76 Å². The molecule has 2 aliphatic heterocycles. The van der Waals surface area contributed by atoms with Crippen LogP contribution in [-0.2, 0) is 14.8 Å². The van der Waals surface area contributed by atoms with Crippen molar-refractivity contribution in [1.82, 2.24) is 14.5 Å². The molecule has 2 aromatic rings. The summed E-state index contributed by atoms with van der Waals surface area (Å²) in [7, 11) is -3.70. The zero-order valence-corrected chi connectivity index (χ0v) is 20.1. The van der Waals surface area contributed by atoms with E-state index in [1.807, 2.05) is 26.0 Å². The third kappa shape index (κ3) is 5.73. The number of nitrogens with one attached hydrogen (secondary N) is 1. The Labute approximate surface area is 195 Å². The molecule has 9 heteroatoms. The van der Waals surface area contributed by atoms with E-state index >= 15 is 0 Å². The molecule has 2 fully saturated rings. The van der Waals surface area contributed by atoms with E-state index in [4.69, 9.17) is 9.15 Å². The van der Waals surface area contributed by atoms with Crippen molar-refractivity contribution in [2.75, 3.05) is 39.3 Å². The van der Waals surface area contributed by atoms with Crippen LogP contribution in [0, 0.1) is 0 Å². The minimum Gasteiger partial charge on any atom is -0.468 e. The smallest absolute Gasteiger partial charge is 0.243 e. The fourth-order valence-electron chi connectivity index (χ4n) is 4.67. The molecule has 33 heavy (non-hydrogen) atoms. The predicted octanol–water partition coefficient (Wildman–Crippen LogP) is 2.69. The van der Waals surface area contributed by atoms with Crippen LogP contribution in [0.2, 0.25) is 0 Å². The predicted molar refractivity (Wildman–Crippen MR) is 125 cm³/mol. The summed E-state index contributed by atoms with van der Waals surface area (Å²) >= 11 is 0. The van der Waals surface area contributed by atoms with Gasteiger partial charge >= 0.3 is 0 Å². The van der Waals surface area contributed by atoms with Crippen molar-refractivity contribution in [3.63, 3.8) is 0 Å². The molecule has 1 aromatic heterocycles. The van der Waals surface area contributed by atoms with E-state index < -0.39 is 10.0 Å². The summed E-state index contributed by atoms with van der Waals surface area (Å²) in [6, 6.07) is 10.2.